The topological polar surface area (TPSA) is 97.4 Å². The first-order valence-electron chi connectivity index (χ1n) is 11.9. The molecule has 3 heterocycles. The molecular weight excluding hydrogens is 458 g/mol. The molecular formula is C26H29N7O3. The van der Waals surface area contributed by atoms with Crippen LogP contribution in [0.15, 0.2) is 64.2 Å². The van der Waals surface area contributed by atoms with Crippen molar-refractivity contribution in [1.29, 1.82) is 0 Å². The summed E-state index contributed by atoms with van der Waals surface area (Å²) < 4.78 is 4.41. The molecule has 0 atom stereocenters. The summed E-state index contributed by atoms with van der Waals surface area (Å²) in [5, 5.41) is 2.95. The third-order valence-electron chi connectivity index (χ3n) is 6.66. The maximum Gasteiger partial charge on any atom is 0.332 e. The number of hydrogen-bond donors (Lipinski definition) is 1. The predicted molar refractivity (Wildman–Crippen MR) is 140 cm³/mol. The Balaban J connectivity index is 1.44. The van der Waals surface area contributed by atoms with E-state index in [1.807, 2.05) is 66.1 Å². The Morgan fingerprint density at radius 2 is 1.58 bits per heavy atom. The standard InChI is InChI=1S/C26H29N7O3/c1-18-9-11-20(12-10-18)27-25(35)32-15-13-31(14-16-32)24-28-22-21(23(34)30(3)26(36)29(22)2)33(24)17-19-7-5-4-6-8-19/h4-12H,13-17H2,1-3H3,(H,27,35). The van der Waals surface area contributed by atoms with E-state index in [2.05, 4.69) is 10.2 Å². The van der Waals surface area contributed by atoms with E-state index in [9.17, 15) is 14.4 Å². The maximum atomic E-state index is 13.2. The molecule has 10 heteroatoms. The van der Waals surface area contributed by atoms with Gasteiger partial charge in [0.2, 0.25) is 5.95 Å². The van der Waals surface area contributed by atoms with Crippen molar-refractivity contribution in [3.05, 3.63) is 86.6 Å². The highest BCUT2D eigenvalue weighted by Gasteiger charge is 2.27. The number of nitrogens with one attached hydrogen (secondary N) is 1. The summed E-state index contributed by atoms with van der Waals surface area (Å²) in [5.41, 5.74) is 2.86. The van der Waals surface area contributed by atoms with E-state index in [0.29, 0.717) is 49.8 Å². The molecule has 2 amide bonds. The lowest BCUT2D eigenvalue weighted by atomic mass is 10.2. The van der Waals surface area contributed by atoms with E-state index in [-0.39, 0.29) is 11.6 Å². The highest BCUT2D eigenvalue weighted by atomic mass is 16.2. The van der Waals surface area contributed by atoms with Gasteiger partial charge in [-0.05, 0) is 24.6 Å². The van der Waals surface area contributed by atoms with Gasteiger partial charge in [0.15, 0.2) is 11.2 Å². The van der Waals surface area contributed by atoms with Crippen molar-refractivity contribution in [2.75, 3.05) is 36.4 Å². The number of hydrogen-bond acceptors (Lipinski definition) is 5. The monoisotopic (exact) mass is 487 g/mol. The number of anilines is 2. The second kappa shape index (κ2) is 9.37. The molecule has 1 N–H and O–H groups in total. The van der Waals surface area contributed by atoms with Crippen LogP contribution in [0, 0.1) is 6.92 Å². The first-order valence-corrected chi connectivity index (χ1v) is 11.9. The van der Waals surface area contributed by atoms with Gasteiger partial charge in [0.25, 0.3) is 5.56 Å². The van der Waals surface area contributed by atoms with Gasteiger partial charge < -0.3 is 15.1 Å². The number of imidazole rings is 1. The number of aryl methyl sites for hydroxylation is 2. The molecule has 0 aliphatic carbocycles. The van der Waals surface area contributed by atoms with Gasteiger partial charge in [-0.3, -0.25) is 18.5 Å². The molecule has 0 saturated carbocycles. The fourth-order valence-electron chi connectivity index (χ4n) is 4.54. The van der Waals surface area contributed by atoms with Crippen molar-refractivity contribution in [2.24, 2.45) is 14.1 Å². The summed E-state index contributed by atoms with van der Waals surface area (Å²) in [6.07, 6.45) is 0. The number of fused-ring (bicyclic) bond motifs is 1. The molecule has 36 heavy (non-hydrogen) atoms. The lowest BCUT2D eigenvalue weighted by Crippen LogP contribution is -2.50. The third-order valence-corrected chi connectivity index (χ3v) is 6.66. The molecule has 0 unspecified atom stereocenters. The van der Waals surface area contributed by atoms with Crippen LogP contribution in [-0.2, 0) is 20.6 Å². The van der Waals surface area contributed by atoms with Gasteiger partial charge in [-0.2, -0.15) is 4.98 Å². The zero-order valence-electron chi connectivity index (χ0n) is 20.6. The van der Waals surface area contributed by atoms with Crippen LogP contribution in [0.4, 0.5) is 16.4 Å². The number of benzene rings is 2. The molecule has 1 aliphatic heterocycles. The molecule has 5 rings (SSSR count). The van der Waals surface area contributed by atoms with E-state index in [1.54, 1.807) is 11.9 Å². The third kappa shape index (κ3) is 4.26. The zero-order chi connectivity index (χ0) is 25.4. The van der Waals surface area contributed by atoms with Crippen molar-refractivity contribution in [1.82, 2.24) is 23.6 Å². The molecule has 186 valence electrons. The smallest absolute Gasteiger partial charge is 0.332 e. The van der Waals surface area contributed by atoms with E-state index in [1.165, 1.54) is 11.6 Å². The Bertz CT molecular complexity index is 1530. The number of urea groups is 1. The molecule has 1 aliphatic rings. The number of piperazine rings is 1. The maximum absolute atomic E-state index is 13.2. The molecule has 1 saturated heterocycles. The van der Waals surface area contributed by atoms with Crippen LogP contribution < -0.4 is 21.5 Å². The van der Waals surface area contributed by atoms with E-state index in [4.69, 9.17) is 4.98 Å². The van der Waals surface area contributed by atoms with Gasteiger partial charge in [0, 0.05) is 46.0 Å². The minimum Gasteiger partial charge on any atom is -0.339 e. The van der Waals surface area contributed by atoms with E-state index in [0.717, 1.165) is 21.4 Å². The molecule has 2 aromatic heterocycles. The van der Waals surface area contributed by atoms with Gasteiger partial charge >= 0.3 is 11.7 Å². The lowest BCUT2D eigenvalue weighted by molar-refractivity contribution is 0.208. The van der Waals surface area contributed by atoms with Gasteiger partial charge in [0.05, 0.1) is 6.54 Å². The van der Waals surface area contributed by atoms with E-state index >= 15 is 0 Å². The summed E-state index contributed by atoms with van der Waals surface area (Å²) >= 11 is 0. The zero-order valence-corrected chi connectivity index (χ0v) is 20.6. The van der Waals surface area contributed by atoms with Crippen LogP contribution >= 0.6 is 0 Å². The Hall–Kier alpha value is -4.34. The molecule has 2 aromatic carbocycles. The van der Waals surface area contributed by atoms with Crippen LogP contribution in [0.25, 0.3) is 11.2 Å². The minimum absolute atomic E-state index is 0.146. The minimum atomic E-state index is -0.416. The molecule has 0 spiro atoms. The Labute approximate surface area is 208 Å². The number of nitrogens with zero attached hydrogens (tertiary/aromatic N) is 6. The Kier molecular flexibility index (Phi) is 6.09. The van der Waals surface area contributed by atoms with Crippen molar-refractivity contribution in [3.8, 4) is 0 Å². The number of rotatable bonds is 4. The highest BCUT2D eigenvalue weighted by molar-refractivity contribution is 5.89. The Morgan fingerprint density at radius 1 is 0.917 bits per heavy atom. The fraction of sp³-hybridized carbons (Fsp3) is 0.308. The average Bonchev–Trinajstić information content (AvgIpc) is 3.27. The Morgan fingerprint density at radius 3 is 2.25 bits per heavy atom. The first kappa shape index (κ1) is 23.4. The molecule has 0 radical (unpaired) electrons. The summed E-state index contributed by atoms with van der Waals surface area (Å²) in [5.74, 6) is 0.616. The number of amides is 2. The predicted octanol–water partition coefficient (Wildman–Crippen LogP) is 2.14. The summed E-state index contributed by atoms with van der Waals surface area (Å²) in [7, 11) is 3.11. The first-order chi connectivity index (χ1) is 17.3. The lowest BCUT2D eigenvalue weighted by Gasteiger charge is -2.35. The van der Waals surface area contributed by atoms with Gasteiger partial charge in [-0.1, -0.05) is 48.0 Å². The van der Waals surface area contributed by atoms with Gasteiger partial charge in [-0.15, -0.1) is 0 Å². The summed E-state index contributed by atoms with van der Waals surface area (Å²) in [6.45, 7) is 4.55. The number of aromatic nitrogens is 4. The average molecular weight is 488 g/mol. The number of carbonyl (C=O) groups excluding carboxylic acids is 1. The summed E-state index contributed by atoms with van der Waals surface area (Å²) in [4.78, 5) is 47.1. The van der Waals surface area contributed by atoms with Gasteiger partial charge in [-0.25, -0.2) is 9.59 Å². The summed E-state index contributed by atoms with van der Waals surface area (Å²) in [6, 6.07) is 17.4. The molecule has 0 bridgehead atoms. The van der Waals surface area contributed by atoms with Crippen molar-refractivity contribution in [2.45, 2.75) is 13.5 Å². The second-order valence-corrected chi connectivity index (χ2v) is 9.13. The van der Waals surface area contributed by atoms with Gasteiger partial charge in [0.1, 0.15) is 0 Å². The normalized spacial score (nSPS) is 13.9. The molecule has 10 nitrogen and oxygen atoms in total. The quantitative estimate of drug-likeness (QED) is 0.476. The van der Waals surface area contributed by atoms with Crippen molar-refractivity contribution < 1.29 is 4.79 Å². The van der Waals surface area contributed by atoms with Crippen LogP contribution in [-0.4, -0.2) is 55.8 Å². The SMILES string of the molecule is Cc1ccc(NC(=O)N2CCN(c3nc4c(c(=O)n(C)c(=O)n4C)n3Cc3ccccc3)CC2)cc1. The van der Waals surface area contributed by atoms with Crippen LogP contribution in [0.1, 0.15) is 11.1 Å². The number of carbonyl (C=O) groups is 1. The van der Waals surface area contributed by atoms with Crippen molar-refractivity contribution in [3.63, 3.8) is 0 Å². The fourth-order valence-corrected chi connectivity index (χ4v) is 4.54. The van der Waals surface area contributed by atoms with Crippen LogP contribution in [0.3, 0.4) is 0 Å². The second-order valence-electron chi connectivity index (χ2n) is 9.13. The molecule has 4 aromatic rings. The largest absolute Gasteiger partial charge is 0.339 e. The molecule has 1 fully saturated rings. The highest BCUT2D eigenvalue weighted by Crippen LogP contribution is 2.23. The van der Waals surface area contributed by atoms with Crippen molar-refractivity contribution >= 4 is 28.8 Å². The van der Waals surface area contributed by atoms with Crippen LogP contribution in [0.2, 0.25) is 0 Å². The van der Waals surface area contributed by atoms with Crippen LogP contribution in [0.5, 0.6) is 0 Å². The van der Waals surface area contributed by atoms with E-state index < -0.39 is 5.69 Å².